The molecule has 0 atom stereocenters. The van der Waals surface area contributed by atoms with Crippen LogP contribution in [0.4, 0.5) is 5.69 Å². The van der Waals surface area contributed by atoms with Crippen LogP contribution in [0.2, 0.25) is 0 Å². The molecule has 0 saturated heterocycles. The first-order valence-corrected chi connectivity index (χ1v) is 11.7. The molecule has 3 heterocycles. The maximum atomic E-state index is 12.3. The predicted octanol–water partition coefficient (Wildman–Crippen LogP) is 2.95. The van der Waals surface area contributed by atoms with E-state index in [0.29, 0.717) is 34.2 Å². The Balaban J connectivity index is 1.25. The van der Waals surface area contributed by atoms with E-state index in [1.165, 1.54) is 33.6 Å². The molecule has 3 aromatic heterocycles. The minimum absolute atomic E-state index is 0.116. The average molecular weight is 466 g/mol. The van der Waals surface area contributed by atoms with Crippen LogP contribution in [-0.4, -0.2) is 31.9 Å². The van der Waals surface area contributed by atoms with Crippen molar-refractivity contribution in [3.8, 4) is 0 Å². The second kappa shape index (κ2) is 10.2. The number of nitrogens with one attached hydrogen (secondary N) is 2. The molecule has 1 aromatic carbocycles. The van der Waals surface area contributed by atoms with Crippen molar-refractivity contribution in [3.05, 3.63) is 93.6 Å². The number of hydrogen-bond donors (Lipinski definition) is 2. The quantitative estimate of drug-likeness (QED) is 0.415. The molecule has 162 valence electrons. The summed E-state index contributed by atoms with van der Waals surface area (Å²) in [6.07, 6.45) is 4.82. The Morgan fingerprint density at radius 2 is 1.97 bits per heavy atom. The van der Waals surface area contributed by atoms with Crippen LogP contribution in [-0.2, 0) is 17.1 Å². The van der Waals surface area contributed by atoms with Crippen molar-refractivity contribution in [2.75, 3.05) is 11.1 Å². The van der Waals surface area contributed by atoms with Crippen molar-refractivity contribution in [1.82, 2.24) is 19.7 Å². The Labute approximate surface area is 191 Å². The van der Waals surface area contributed by atoms with Gasteiger partial charge in [-0.3, -0.25) is 23.8 Å². The number of rotatable bonds is 8. The summed E-state index contributed by atoms with van der Waals surface area (Å²) in [5.74, 6) is 0.395. The zero-order chi connectivity index (χ0) is 22.3. The van der Waals surface area contributed by atoms with Crippen LogP contribution >= 0.6 is 23.1 Å². The zero-order valence-electron chi connectivity index (χ0n) is 16.9. The summed E-state index contributed by atoms with van der Waals surface area (Å²) in [6, 6.07) is 12.1. The average Bonchev–Trinajstić information content (AvgIpc) is 3.28. The molecule has 0 radical (unpaired) electrons. The molecule has 2 amide bonds. The number of amides is 2. The number of aromatic nitrogens is 3. The molecule has 0 bridgehead atoms. The Bertz CT molecular complexity index is 1300. The highest BCUT2D eigenvalue weighted by Crippen LogP contribution is 2.14. The summed E-state index contributed by atoms with van der Waals surface area (Å²) in [7, 11) is 0. The largest absolute Gasteiger partial charge is 0.351 e. The molecule has 4 aromatic rings. The van der Waals surface area contributed by atoms with Crippen LogP contribution in [0.1, 0.15) is 21.6 Å². The lowest BCUT2D eigenvalue weighted by Crippen LogP contribution is -2.24. The number of nitrogens with zero attached hydrogens (tertiary/aromatic N) is 3. The number of anilines is 1. The van der Waals surface area contributed by atoms with E-state index in [1.54, 1.807) is 36.8 Å². The fourth-order valence-electron chi connectivity index (χ4n) is 2.93. The van der Waals surface area contributed by atoms with Crippen molar-refractivity contribution in [2.45, 2.75) is 12.3 Å². The third-order valence-electron chi connectivity index (χ3n) is 4.46. The molecule has 0 fully saturated rings. The van der Waals surface area contributed by atoms with Gasteiger partial charge in [0.2, 0.25) is 5.91 Å². The lowest BCUT2D eigenvalue weighted by Gasteiger charge is -2.09. The van der Waals surface area contributed by atoms with Gasteiger partial charge in [0, 0.05) is 53.6 Å². The van der Waals surface area contributed by atoms with E-state index in [0.717, 1.165) is 5.56 Å². The molecular weight excluding hydrogens is 446 g/mol. The first kappa shape index (κ1) is 21.7. The monoisotopic (exact) mass is 465 g/mol. The molecule has 0 spiro atoms. The van der Waals surface area contributed by atoms with E-state index in [-0.39, 0.29) is 23.1 Å². The van der Waals surface area contributed by atoms with Crippen LogP contribution < -0.4 is 16.2 Å². The number of fused-ring (bicyclic) bond motifs is 1. The van der Waals surface area contributed by atoms with Gasteiger partial charge in [0.05, 0.1) is 11.4 Å². The SMILES string of the molecule is O=C(CSCc1cc(=O)n2ccsc2n1)NCc1cccc(NC(=O)c2ccncc2)c1. The maximum Gasteiger partial charge on any atom is 0.258 e. The molecule has 4 rings (SSSR count). The van der Waals surface area contributed by atoms with E-state index in [2.05, 4.69) is 20.6 Å². The number of carbonyl (C=O) groups is 2. The standard InChI is InChI=1S/C22H19N5O3S2/c28-19(14-31-13-18-11-20(29)27-8-9-32-22(27)26-18)24-12-15-2-1-3-17(10-15)25-21(30)16-4-6-23-7-5-16/h1-11H,12-14H2,(H,24,28)(H,25,30). The Hall–Kier alpha value is -3.50. The second-order valence-corrected chi connectivity index (χ2v) is 8.66. The van der Waals surface area contributed by atoms with Gasteiger partial charge >= 0.3 is 0 Å². The summed E-state index contributed by atoms with van der Waals surface area (Å²) in [5, 5.41) is 7.52. The molecule has 0 unspecified atom stereocenters. The van der Waals surface area contributed by atoms with Crippen molar-refractivity contribution in [3.63, 3.8) is 0 Å². The molecular formula is C22H19N5O3S2. The van der Waals surface area contributed by atoms with Crippen LogP contribution in [0, 0.1) is 0 Å². The summed E-state index contributed by atoms with van der Waals surface area (Å²) in [5.41, 5.74) is 2.58. The summed E-state index contributed by atoms with van der Waals surface area (Å²) in [4.78, 5) is 45.5. The van der Waals surface area contributed by atoms with Crippen LogP contribution in [0.3, 0.4) is 0 Å². The highest BCUT2D eigenvalue weighted by atomic mass is 32.2. The van der Waals surface area contributed by atoms with E-state index in [9.17, 15) is 14.4 Å². The van der Waals surface area contributed by atoms with Gasteiger partial charge in [0.25, 0.3) is 11.5 Å². The van der Waals surface area contributed by atoms with Crippen molar-refractivity contribution in [1.29, 1.82) is 0 Å². The lowest BCUT2D eigenvalue weighted by atomic mass is 10.2. The van der Waals surface area contributed by atoms with E-state index in [1.807, 2.05) is 23.6 Å². The number of thiazole rings is 1. The molecule has 0 aliphatic heterocycles. The number of thioether (sulfide) groups is 1. The molecule has 0 aliphatic rings. The smallest absolute Gasteiger partial charge is 0.258 e. The van der Waals surface area contributed by atoms with Gasteiger partial charge < -0.3 is 10.6 Å². The van der Waals surface area contributed by atoms with Crippen molar-refractivity contribution in [2.24, 2.45) is 0 Å². The van der Waals surface area contributed by atoms with Gasteiger partial charge in [0.1, 0.15) is 0 Å². The van der Waals surface area contributed by atoms with E-state index >= 15 is 0 Å². The van der Waals surface area contributed by atoms with Crippen LogP contribution in [0.25, 0.3) is 4.96 Å². The number of benzene rings is 1. The third kappa shape index (κ3) is 5.59. The van der Waals surface area contributed by atoms with Crippen molar-refractivity contribution < 1.29 is 9.59 Å². The lowest BCUT2D eigenvalue weighted by molar-refractivity contribution is -0.118. The fourth-order valence-corrected chi connectivity index (χ4v) is 4.41. The van der Waals surface area contributed by atoms with E-state index in [4.69, 9.17) is 0 Å². The zero-order valence-corrected chi connectivity index (χ0v) is 18.5. The summed E-state index contributed by atoms with van der Waals surface area (Å²) >= 11 is 2.80. The summed E-state index contributed by atoms with van der Waals surface area (Å²) < 4.78 is 1.50. The van der Waals surface area contributed by atoms with Crippen LogP contribution in [0.5, 0.6) is 0 Å². The van der Waals surface area contributed by atoms with Gasteiger partial charge in [-0.15, -0.1) is 23.1 Å². The minimum atomic E-state index is -0.223. The Morgan fingerprint density at radius 1 is 1.12 bits per heavy atom. The number of carbonyl (C=O) groups excluding carboxylic acids is 2. The summed E-state index contributed by atoms with van der Waals surface area (Å²) in [6.45, 7) is 0.346. The number of hydrogen-bond acceptors (Lipinski definition) is 7. The molecule has 2 N–H and O–H groups in total. The normalized spacial score (nSPS) is 10.8. The van der Waals surface area contributed by atoms with Crippen LogP contribution in [0.15, 0.2) is 71.2 Å². The Morgan fingerprint density at radius 3 is 2.81 bits per heavy atom. The fraction of sp³-hybridized carbons (Fsp3) is 0.136. The molecule has 10 heteroatoms. The van der Waals surface area contributed by atoms with Gasteiger partial charge in [-0.1, -0.05) is 12.1 Å². The molecule has 0 saturated carbocycles. The highest BCUT2D eigenvalue weighted by molar-refractivity contribution is 7.99. The second-order valence-electron chi connectivity index (χ2n) is 6.80. The first-order chi connectivity index (χ1) is 15.6. The maximum absolute atomic E-state index is 12.3. The van der Waals surface area contributed by atoms with Gasteiger partial charge in [-0.05, 0) is 29.8 Å². The topological polar surface area (TPSA) is 105 Å². The van der Waals surface area contributed by atoms with Gasteiger partial charge in [-0.2, -0.15) is 0 Å². The molecule has 8 nitrogen and oxygen atoms in total. The first-order valence-electron chi connectivity index (χ1n) is 9.69. The van der Waals surface area contributed by atoms with E-state index < -0.39 is 0 Å². The highest BCUT2D eigenvalue weighted by Gasteiger charge is 2.08. The minimum Gasteiger partial charge on any atom is -0.351 e. The van der Waals surface area contributed by atoms with Gasteiger partial charge in [0.15, 0.2) is 4.96 Å². The third-order valence-corrected chi connectivity index (χ3v) is 6.18. The van der Waals surface area contributed by atoms with Gasteiger partial charge in [-0.25, -0.2) is 4.98 Å². The predicted molar refractivity (Wildman–Crippen MR) is 126 cm³/mol. The molecule has 32 heavy (non-hydrogen) atoms. The number of pyridine rings is 1. The molecule has 0 aliphatic carbocycles. The van der Waals surface area contributed by atoms with Crippen molar-refractivity contribution >= 4 is 45.6 Å². The Kier molecular flexibility index (Phi) is 6.93.